The van der Waals surface area contributed by atoms with E-state index in [-0.39, 0.29) is 0 Å². The van der Waals surface area contributed by atoms with Gasteiger partial charge in [-0.1, -0.05) is 6.08 Å². The molecule has 1 aliphatic carbocycles. The van der Waals surface area contributed by atoms with Gasteiger partial charge in [-0.3, -0.25) is 0 Å². The van der Waals surface area contributed by atoms with Crippen LogP contribution in [0.1, 0.15) is 12.8 Å². The topological polar surface area (TPSA) is 52.0 Å². The fourth-order valence-corrected chi connectivity index (χ4v) is 0.751. The zero-order valence-corrected chi connectivity index (χ0v) is 4.72. The molecule has 0 bridgehead atoms. The van der Waals surface area contributed by atoms with Crippen molar-refractivity contribution >= 4 is 0 Å². The highest BCUT2D eigenvalue weighted by Crippen LogP contribution is 2.08. The van der Waals surface area contributed by atoms with Crippen molar-refractivity contribution in [1.82, 2.24) is 0 Å². The van der Waals surface area contributed by atoms with E-state index >= 15 is 0 Å². The van der Waals surface area contributed by atoms with E-state index in [1.54, 1.807) is 0 Å². The number of hydrogen-bond donors (Lipinski definition) is 2. The standard InChI is InChI=1S/C6H10N2/c7-5-2-1-3-6(8)4-5/h2,4H,1,3,7-8H2. The number of hydrogen-bond acceptors (Lipinski definition) is 2. The zero-order chi connectivity index (χ0) is 5.98. The van der Waals surface area contributed by atoms with Crippen LogP contribution in [0, 0.1) is 0 Å². The lowest BCUT2D eigenvalue weighted by Crippen LogP contribution is -2.05. The van der Waals surface area contributed by atoms with E-state index in [1.165, 1.54) is 0 Å². The Morgan fingerprint density at radius 1 is 1.38 bits per heavy atom. The Morgan fingerprint density at radius 3 is 2.50 bits per heavy atom. The normalized spacial score (nSPS) is 19.5. The summed E-state index contributed by atoms with van der Waals surface area (Å²) in [6.07, 6.45) is 5.74. The Labute approximate surface area is 48.9 Å². The highest BCUT2D eigenvalue weighted by Gasteiger charge is 1.95. The van der Waals surface area contributed by atoms with E-state index in [9.17, 15) is 0 Å². The van der Waals surface area contributed by atoms with Crippen molar-refractivity contribution in [2.45, 2.75) is 12.8 Å². The molecule has 1 aliphatic rings. The van der Waals surface area contributed by atoms with Crippen LogP contribution in [0.4, 0.5) is 0 Å². The molecule has 1 rings (SSSR count). The fourth-order valence-electron chi connectivity index (χ4n) is 0.751. The van der Waals surface area contributed by atoms with Crippen molar-refractivity contribution in [3.8, 4) is 0 Å². The lowest BCUT2D eigenvalue weighted by atomic mass is 10.1. The van der Waals surface area contributed by atoms with E-state index in [1.807, 2.05) is 12.2 Å². The van der Waals surface area contributed by atoms with Crippen LogP contribution < -0.4 is 11.5 Å². The maximum absolute atomic E-state index is 5.47. The number of rotatable bonds is 0. The second-order valence-corrected chi connectivity index (χ2v) is 1.96. The first-order valence-corrected chi connectivity index (χ1v) is 2.71. The smallest absolute Gasteiger partial charge is 0.0290 e. The first-order valence-electron chi connectivity index (χ1n) is 2.71. The highest BCUT2D eigenvalue weighted by atomic mass is 14.6. The minimum atomic E-state index is 0.800. The third kappa shape index (κ3) is 1.03. The quantitative estimate of drug-likeness (QED) is 0.476. The Morgan fingerprint density at radius 2 is 2.12 bits per heavy atom. The molecule has 0 aliphatic heterocycles. The summed E-state index contributed by atoms with van der Waals surface area (Å²) in [6, 6.07) is 0. The van der Waals surface area contributed by atoms with Gasteiger partial charge in [-0.15, -0.1) is 0 Å². The molecule has 0 aromatic heterocycles. The summed E-state index contributed by atoms with van der Waals surface area (Å²) in [7, 11) is 0. The first kappa shape index (κ1) is 5.22. The van der Waals surface area contributed by atoms with Crippen molar-refractivity contribution in [2.24, 2.45) is 11.5 Å². The Kier molecular flexibility index (Phi) is 1.24. The average molecular weight is 110 g/mol. The summed E-state index contributed by atoms with van der Waals surface area (Å²) in [4.78, 5) is 0. The molecule has 0 fully saturated rings. The van der Waals surface area contributed by atoms with Crippen molar-refractivity contribution in [1.29, 1.82) is 0 Å². The second-order valence-electron chi connectivity index (χ2n) is 1.96. The van der Waals surface area contributed by atoms with Gasteiger partial charge in [0.1, 0.15) is 0 Å². The minimum absolute atomic E-state index is 0.800. The molecule has 0 radical (unpaired) electrons. The van der Waals surface area contributed by atoms with Gasteiger partial charge in [0.2, 0.25) is 0 Å². The number of nitrogens with two attached hydrogens (primary N) is 2. The molecule has 0 aromatic rings. The monoisotopic (exact) mass is 110 g/mol. The van der Waals surface area contributed by atoms with E-state index in [2.05, 4.69) is 0 Å². The minimum Gasteiger partial charge on any atom is -0.402 e. The summed E-state index contributed by atoms with van der Waals surface area (Å²) < 4.78 is 0. The summed E-state index contributed by atoms with van der Waals surface area (Å²) in [6.45, 7) is 0. The van der Waals surface area contributed by atoms with Gasteiger partial charge >= 0.3 is 0 Å². The molecule has 0 atom stereocenters. The van der Waals surface area contributed by atoms with Gasteiger partial charge in [-0.25, -0.2) is 0 Å². The van der Waals surface area contributed by atoms with Crippen LogP contribution in [0.2, 0.25) is 0 Å². The van der Waals surface area contributed by atoms with E-state index < -0.39 is 0 Å². The van der Waals surface area contributed by atoms with Crippen LogP contribution in [0.5, 0.6) is 0 Å². The molecule has 0 unspecified atom stereocenters. The van der Waals surface area contributed by atoms with Gasteiger partial charge in [0, 0.05) is 11.4 Å². The fraction of sp³-hybridized carbons (Fsp3) is 0.333. The van der Waals surface area contributed by atoms with E-state index in [0.717, 1.165) is 24.2 Å². The summed E-state index contributed by atoms with van der Waals surface area (Å²) in [5.41, 5.74) is 12.6. The van der Waals surface area contributed by atoms with Crippen LogP contribution in [0.25, 0.3) is 0 Å². The molecule has 0 saturated heterocycles. The molecule has 0 amide bonds. The van der Waals surface area contributed by atoms with Gasteiger partial charge in [-0.2, -0.15) is 0 Å². The third-order valence-corrected chi connectivity index (χ3v) is 1.17. The largest absolute Gasteiger partial charge is 0.402 e. The van der Waals surface area contributed by atoms with Crippen LogP contribution in [-0.2, 0) is 0 Å². The van der Waals surface area contributed by atoms with Gasteiger partial charge in [0.15, 0.2) is 0 Å². The number of allylic oxidation sites excluding steroid dienone is 3. The maximum Gasteiger partial charge on any atom is 0.0290 e. The molecule has 44 valence electrons. The van der Waals surface area contributed by atoms with Gasteiger partial charge in [-0.05, 0) is 18.9 Å². The molecule has 0 heterocycles. The van der Waals surface area contributed by atoms with Crippen molar-refractivity contribution in [3.63, 3.8) is 0 Å². The first-order chi connectivity index (χ1) is 3.79. The van der Waals surface area contributed by atoms with Crippen molar-refractivity contribution in [2.75, 3.05) is 0 Å². The average Bonchev–Trinajstić information content (AvgIpc) is 1.64. The highest BCUT2D eigenvalue weighted by molar-refractivity contribution is 5.22. The van der Waals surface area contributed by atoms with E-state index in [4.69, 9.17) is 11.5 Å². The summed E-state index contributed by atoms with van der Waals surface area (Å²) >= 11 is 0. The van der Waals surface area contributed by atoms with Crippen LogP contribution >= 0.6 is 0 Å². The van der Waals surface area contributed by atoms with Crippen LogP contribution in [0.3, 0.4) is 0 Å². The molecule has 8 heavy (non-hydrogen) atoms. The van der Waals surface area contributed by atoms with Gasteiger partial charge in [0.05, 0.1) is 0 Å². The molecule has 4 N–H and O–H groups in total. The van der Waals surface area contributed by atoms with Gasteiger partial charge < -0.3 is 11.5 Å². The maximum atomic E-state index is 5.47. The molecular formula is C6H10N2. The molecular weight excluding hydrogens is 100 g/mol. The molecule has 0 aromatic carbocycles. The van der Waals surface area contributed by atoms with E-state index in [0.29, 0.717) is 0 Å². The second kappa shape index (κ2) is 1.90. The summed E-state index contributed by atoms with van der Waals surface area (Å²) in [5, 5.41) is 0. The zero-order valence-electron chi connectivity index (χ0n) is 4.72. The molecule has 2 nitrogen and oxygen atoms in total. The van der Waals surface area contributed by atoms with Crippen molar-refractivity contribution in [3.05, 3.63) is 23.5 Å². The Balaban J connectivity index is 2.69. The Hall–Kier alpha value is -0.920. The molecule has 0 saturated carbocycles. The molecule has 0 spiro atoms. The SMILES string of the molecule is NC1=CCCC(N)=C1. The molecule has 2 heteroatoms. The predicted octanol–water partition coefficient (Wildman–Crippen LogP) is 0.465. The van der Waals surface area contributed by atoms with Crippen LogP contribution in [-0.4, -0.2) is 0 Å². The Bertz CT molecular complexity index is 145. The van der Waals surface area contributed by atoms with Crippen molar-refractivity contribution < 1.29 is 0 Å². The predicted molar refractivity (Wildman–Crippen MR) is 33.8 cm³/mol. The van der Waals surface area contributed by atoms with Gasteiger partial charge in [0.25, 0.3) is 0 Å². The third-order valence-electron chi connectivity index (χ3n) is 1.17. The lowest BCUT2D eigenvalue weighted by Gasteiger charge is -2.04. The van der Waals surface area contributed by atoms with Crippen LogP contribution in [0.15, 0.2) is 23.5 Å². The lowest BCUT2D eigenvalue weighted by molar-refractivity contribution is 0.925. The summed E-state index contributed by atoms with van der Waals surface area (Å²) in [5.74, 6) is 0.